The molecule has 1 N–H and O–H groups in total. The van der Waals surface area contributed by atoms with Crippen LogP contribution in [0, 0.1) is 16.0 Å². The zero-order chi connectivity index (χ0) is 14.6. The van der Waals surface area contributed by atoms with E-state index < -0.39 is 10.9 Å². The Labute approximate surface area is 115 Å². The predicted octanol–water partition coefficient (Wildman–Crippen LogP) is 3.37. The maximum atomic E-state index is 11.1. The van der Waals surface area contributed by atoms with Crippen molar-refractivity contribution >= 4 is 23.3 Å². The van der Waals surface area contributed by atoms with Gasteiger partial charge in [0.25, 0.3) is 5.69 Å². The number of hydrogen-bond acceptors (Lipinski definition) is 4. The van der Waals surface area contributed by atoms with Crippen LogP contribution in [0.3, 0.4) is 0 Å². The number of carboxylic acids is 1. The van der Waals surface area contributed by atoms with Crippen molar-refractivity contribution in [2.24, 2.45) is 5.92 Å². The van der Waals surface area contributed by atoms with Crippen LogP contribution in [0.4, 0.5) is 5.69 Å². The van der Waals surface area contributed by atoms with E-state index in [1.54, 1.807) is 0 Å². The topological polar surface area (TPSA) is 89.7 Å². The van der Waals surface area contributed by atoms with Gasteiger partial charge in [-0.3, -0.25) is 10.1 Å². The lowest BCUT2D eigenvalue weighted by Gasteiger charge is -2.12. The summed E-state index contributed by atoms with van der Waals surface area (Å²) < 4.78 is 5.34. The minimum absolute atomic E-state index is 0.0274. The third-order valence-corrected chi connectivity index (χ3v) is 2.69. The zero-order valence-electron chi connectivity index (χ0n) is 10.6. The number of hydrogen-bond donors (Lipinski definition) is 1. The molecule has 1 rings (SSSR count). The van der Waals surface area contributed by atoms with E-state index in [9.17, 15) is 14.9 Å². The van der Waals surface area contributed by atoms with Crippen LogP contribution >= 0.6 is 11.6 Å². The highest BCUT2D eigenvalue weighted by atomic mass is 35.5. The van der Waals surface area contributed by atoms with E-state index >= 15 is 0 Å². The lowest BCUT2D eigenvalue weighted by molar-refractivity contribution is -0.384. The minimum Gasteiger partial charge on any atom is -0.491 e. The summed E-state index contributed by atoms with van der Waals surface area (Å²) in [7, 11) is 0. The summed E-state index contributed by atoms with van der Waals surface area (Å²) in [6.45, 7) is 4.30. The molecule has 104 valence electrons. The summed E-state index contributed by atoms with van der Waals surface area (Å²) in [6.07, 6.45) is 0.729. The van der Waals surface area contributed by atoms with Crippen LogP contribution in [0.1, 0.15) is 30.6 Å². The second-order valence-electron chi connectivity index (χ2n) is 4.40. The van der Waals surface area contributed by atoms with E-state index in [0.29, 0.717) is 12.5 Å². The van der Waals surface area contributed by atoms with Crippen LogP contribution in [0.25, 0.3) is 0 Å². The van der Waals surface area contributed by atoms with Gasteiger partial charge in [-0.05, 0) is 12.3 Å². The zero-order valence-corrected chi connectivity index (χ0v) is 11.3. The van der Waals surface area contributed by atoms with Gasteiger partial charge in [-0.2, -0.15) is 0 Å². The smallest absolute Gasteiger partial charge is 0.339 e. The molecule has 0 unspecified atom stereocenters. The predicted molar refractivity (Wildman–Crippen MR) is 70.0 cm³/mol. The van der Waals surface area contributed by atoms with Gasteiger partial charge in [0.15, 0.2) is 5.75 Å². The quantitative estimate of drug-likeness (QED) is 0.640. The molecule has 19 heavy (non-hydrogen) atoms. The minimum atomic E-state index is -1.31. The van der Waals surface area contributed by atoms with E-state index in [1.165, 1.54) is 0 Å². The van der Waals surface area contributed by atoms with Gasteiger partial charge in [0.2, 0.25) is 0 Å². The first kappa shape index (κ1) is 15.2. The van der Waals surface area contributed by atoms with Crippen LogP contribution in [-0.4, -0.2) is 22.6 Å². The Kier molecular flexibility index (Phi) is 5.11. The van der Waals surface area contributed by atoms with E-state index in [1.807, 2.05) is 13.8 Å². The number of aromatic carboxylic acids is 1. The average Bonchev–Trinajstić information content (AvgIpc) is 2.29. The average molecular weight is 288 g/mol. The largest absolute Gasteiger partial charge is 0.491 e. The van der Waals surface area contributed by atoms with Gasteiger partial charge in [0.05, 0.1) is 16.6 Å². The molecule has 6 nitrogen and oxygen atoms in total. The first-order chi connectivity index (χ1) is 8.82. The molecule has 0 aliphatic heterocycles. The lowest BCUT2D eigenvalue weighted by Crippen LogP contribution is -2.07. The molecule has 0 aromatic heterocycles. The van der Waals surface area contributed by atoms with E-state index in [4.69, 9.17) is 21.4 Å². The van der Waals surface area contributed by atoms with Crippen LogP contribution in [0.15, 0.2) is 12.1 Å². The molecule has 7 heteroatoms. The van der Waals surface area contributed by atoms with Crippen molar-refractivity contribution in [3.63, 3.8) is 0 Å². The Bertz CT molecular complexity index is 501. The SMILES string of the molecule is CC(C)CCOc1c(Cl)cc([N+](=O)[O-])cc1C(=O)O. The maximum absolute atomic E-state index is 11.1. The molecule has 0 heterocycles. The molecule has 0 saturated carbocycles. The maximum Gasteiger partial charge on any atom is 0.339 e. The Morgan fingerprint density at radius 2 is 2.16 bits per heavy atom. The van der Waals surface area contributed by atoms with Gasteiger partial charge in [-0.15, -0.1) is 0 Å². The van der Waals surface area contributed by atoms with Crippen molar-refractivity contribution in [2.75, 3.05) is 6.61 Å². The first-order valence-corrected chi connectivity index (χ1v) is 6.04. The summed E-state index contributed by atoms with van der Waals surface area (Å²) in [5.74, 6) is -0.948. The van der Waals surface area contributed by atoms with Crippen molar-refractivity contribution in [3.05, 3.63) is 32.8 Å². The van der Waals surface area contributed by atoms with Crippen LogP contribution in [0.5, 0.6) is 5.75 Å². The molecule has 0 radical (unpaired) electrons. The second kappa shape index (κ2) is 6.38. The van der Waals surface area contributed by atoms with Gasteiger partial charge in [0, 0.05) is 12.1 Å². The molecular weight excluding hydrogens is 274 g/mol. The lowest BCUT2D eigenvalue weighted by atomic mass is 10.1. The summed E-state index contributed by atoms with van der Waals surface area (Å²) in [5.41, 5.74) is -0.679. The molecular formula is C12H14ClNO5. The Morgan fingerprint density at radius 3 is 2.63 bits per heavy atom. The fourth-order valence-electron chi connectivity index (χ4n) is 1.39. The number of halogens is 1. The highest BCUT2D eigenvalue weighted by Gasteiger charge is 2.21. The molecule has 0 atom stereocenters. The molecule has 0 fully saturated rings. The fourth-order valence-corrected chi connectivity index (χ4v) is 1.65. The van der Waals surface area contributed by atoms with Crippen LogP contribution in [0.2, 0.25) is 5.02 Å². The first-order valence-electron chi connectivity index (χ1n) is 5.67. The van der Waals surface area contributed by atoms with Crippen molar-refractivity contribution < 1.29 is 19.6 Å². The van der Waals surface area contributed by atoms with E-state index in [0.717, 1.165) is 18.6 Å². The van der Waals surface area contributed by atoms with Crippen molar-refractivity contribution in [1.29, 1.82) is 0 Å². The van der Waals surface area contributed by atoms with Gasteiger partial charge in [-0.1, -0.05) is 25.4 Å². The van der Waals surface area contributed by atoms with E-state index in [2.05, 4.69) is 0 Å². The Balaban J connectivity index is 3.08. The number of carboxylic acid groups (broad SMARTS) is 1. The number of carbonyl (C=O) groups is 1. The fraction of sp³-hybridized carbons (Fsp3) is 0.417. The standard InChI is InChI=1S/C12H14ClNO5/c1-7(2)3-4-19-11-9(12(15)16)5-8(14(17)18)6-10(11)13/h5-7H,3-4H2,1-2H3,(H,15,16). The summed E-state index contributed by atoms with van der Waals surface area (Å²) >= 11 is 5.85. The van der Waals surface area contributed by atoms with Gasteiger partial charge in [-0.25, -0.2) is 4.79 Å². The van der Waals surface area contributed by atoms with Crippen LogP contribution in [-0.2, 0) is 0 Å². The second-order valence-corrected chi connectivity index (χ2v) is 4.80. The third kappa shape index (κ3) is 4.10. The normalized spacial score (nSPS) is 10.5. The number of nitro benzene ring substituents is 1. The molecule has 0 bridgehead atoms. The molecule has 0 aliphatic carbocycles. The highest BCUT2D eigenvalue weighted by molar-refractivity contribution is 6.32. The number of non-ortho nitro benzene ring substituents is 1. The molecule has 0 saturated heterocycles. The Morgan fingerprint density at radius 1 is 1.53 bits per heavy atom. The Hall–Kier alpha value is -1.82. The number of rotatable bonds is 6. The third-order valence-electron chi connectivity index (χ3n) is 2.41. The molecule has 0 aliphatic rings. The number of ether oxygens (including phenoxy) is 1. The van der Waals surface area contributed by atoms with Gasteiger partial charge in [0.1, 0.15) is 5.56 Å². The number of benzene rings is 1. The van der Waals surface area contributed by atoms with Gasteiger partial charge >= 0.3 is 5.97 Å². The van der Waals surface area contributed by atoms with Gasteiger partial charge < -0.3 is 9.84 Å². The molecule has 0 spiro atoms. The summed E-state index contributed by atoms with van der Waals surface area (Å²) in [5, 5.41) is 19.6. The molecule has 0 amide bonds. The number of nitrogens with zero attached hydrogens (tertiary/aromatic N) is 1. The van der Waals surface area contributed by atoms with Crippen molar-refractivity contribution in [2.45, 2.75) is 20.3 Å². The van der Waals surface area contributed by atoms with Crippen molar-refractivity contribution in [1.82, 2.24) is 0 Å². The number of nitro groups is 1. The monoisotopic (exact) mass is 287 g/mol. The summed E-state index contributed by atoms with van der Waals surface area (Å²) in [6, 6.07) is 2.03. The van der Waals surface area contributed by atoms with E-state index in [-0.39, 0.29) is 22.0 Å². The molecule has 1 aromatic carbocycles. The molecule has 1 aromatic rings. The van der Waals surface area contributed by atoms with Crippen molar-refractivity contribution in [3.8, 4) is 5.75 Å². The van der Waals surface area contributed by atoms with Crippen LogP contribution < -0.4 is 4.74 Å². The highest BCUT2D eigenvalue weighted by Crippen LogP contribution is 2.33. The summed E-state index contributed by atoms with van der Waals surface area (Å²) in [4.78, 5) is 21.0.